The van der Waals surface area contributed by atoms with E-state index in [-0.39, 0.29) is 73.6 Å². The number of fused-ring (bicyclic) bond motifs is 1. The largest absolute Gasteiger partial charge is 0.489 e. The van der Waals surface area contributed by atoms with Crippen LogP contribution in [0.25, 0.3) is 11.6 Å². The van der Waals surface area contributed by atoms with Crippen molar-refractivity contribution in [2.45, 2.75) is 50.9 Å². The third-order valence-electron chi connectivity index (χ3n) is 5.59. The van der Waals surface area contributed by atoms with E-state index in [0.717, 1.165) is 12.5 Å². The molecule has 2 aromatic carbocycles. The van der Waals surface area contributed by atoms with Gasteiger partial charge in [0.15, 0.2) is 11.5 Å². The first kappa shape index (κ1) is 31.9. The monoisotopic (exact) mass is 618 g/mol. The number of nitrogens with zero attached hydrogens (tertiary/aromatic N) is 1. The van der Waals surface area contributed by atoms with Gasteiger partial charge in [0.25, 0.3) is 0 Å². The molecule has 0 aliphatic heterocycles. The van der Waals surface area contributed by atoms with Gasteiger partial charge < -0.3 is 16.1 Å². The Bertz CT molecular complexity index is 1150. The van der Waals surface area contributed by atoms with E-state index < -0.39 is 29.3 Å². The quantitative estimate of drug-likeness (QED) is 0.107. The number of rotatable bonds is 10. The molecule has 1 aliphatic rings. The third-order valence-corrected chi connectivity index (χ3v) is 5.59. The average Bonchev–Trinajstić information content (AvgIpc) is 2.81. The Morgan fingerprint density at radius 3 is 2.21 bits per heavy atom. The predicted octanol–water partition coefficient (Wildman–Crippen LogP) is 6.58. The summed E-state index contributed by atoms with van der Waals surface area (Å²) in [5.41, 5.74) is 6.48. The minimum absolute atomic E-state index is 0. The van der Waals surface area contributed by atoms with Crippen LogP contribution in [0.5, 0.6) is 5.75 Å². The molecule has 0 saturated carbocycles. The number of nitrogens with two attached hydrogens (primary N) is 1. The molecule has 13 heteroatoms. The number of carbonyl (C=O) groups excluding carboxylic acids is 2. The second-order valence-corrected chi connectivity index (χ2v) is 8.44. The van der Waals surface area contributed by atoms with Crippen molar-refractivity contribution in [3.63, 3.8) is 0 Å². The molecule has 0 atom stereocenters. The molecule has 0 aromatic heterocycles. The summed E-state index contributed by atoms with van der Waals surface area (Å²) in [4.78, 5) is 33.4. The topological polar surface area (TPSA) is 92.7 Å². The molecule has 0 spiro atoms. The first-order chi connectivity index (χ1) is 17.3. The molecule has 2 aromatic rings. The molecule has 6 nitrogen and oxygen atoms in total. The van der Waals surface area contributed by atoms with Crippen LogP contribution in [-0.4, -0.2) is 18.2 Å². The van der Waals surface area contributed by atoms with Gasteiger partial charge in [-0.15, -0.1) is 6.54 Å². The van der Waals surface area contributed by atoms with Gasteiger partial charge >= 0.3 is 12.4 Å². The molecular formula is C25H23F6N2O4Y-. The van der Waals surface area contributed by atoms with E-state index in [4.69, 9.17) is 15.6 Å². The fourth-order valence-electron chi connectivity index (χ4n) is 3.77. The number of hydrogen-bond donors (Lipinski definition) is 1. The smallest absolute Gasteiger partial charge is 0.416 e. The van der Waals surface area contributed by atoms with E-state index >= 15 is 0 Å². The molecule has 1 aliphatic carbocycles. The Morgan fingerprint density at radius 2 is 1.61 bits per heavy atom. The molecule has 0 unspecified atom stereocenters. The van der Waals surface area contributed by atoms with Crippen LogP contribution in [0.1, 0.15) is 64.7 Å². The van der Waals surface area contributed by atoms with Gasteiger partial charge in [-0.3, -0.25) is 14.6 Å². The van der Waals surface area contributed by atoms with Crippen molar-refractivity contribution in [3.8, 4) is 5.75 Å². The van der Waals surface area contributed by atoms with Crippen molar-refractivity contribution in [3.05, 3.63) is 75.3 Å². The number of hydroxylamine groups is 1. The number of allylic oxidation sites excluding steroid dienone is 1. The Kier molecular flexibility index (Phi) is 11.5. The molecule has 1 radical (unpaired) electrons. The van der Waals surface area contributed by atoms with Gasteiger partial charge in [-0.05, 0) is 72.9 Å². The average molecular weight is 618 g/mol. The van der Waals surface area contributed by atoms with E-state index in [1.165, 1.54) is 12.1 Å². The second kappa shape index (κ2) is 13.7. The van der Waals surface area contributed by atoms with E-state index in [0.29, 0.717) is 49.9 Å². The zero-order valence-corrected chi connectivity index (χ0v) is 22.8. The molecule has 203 valence electrons. The molecule has 38 heavy (non-hydrogen) atoms. The maximum absolute atomic E-state index is 13.1. The number of halogens is 6. The Balaban J connectivity index is 0.00000507. The van der Waals surface area contributed by atoms with Crippen LogP contribution in [0.4, 0.5) is 26.3 Å². The summed E-state index contributed by atoms with van der Waals surface area (Å²) in [7, 11) is 0. The summed E-state index contributed by atoms with van der Waals surface area (Å²) in [6.07, 6.45) is -6.11. The number of Topliss-reactive ketones (excluding diaryl/α,β-unsaturated/α-hetero) is 1. The zero-order chi connectivity index (χ0) is 27.2. The number of primary amides is 1. The number of ketones is 1. The van der Waals surface area contributed by atoms with E-state index in [2.05, 4.69) is 5.48 Å². The summed E-state index contributed by atoms with van der Waals surface area (Å²) < 4.78 is 78.8. The SMILES string of the molecule is NC(=O)CCCCC[N-]OOc1ccc2c(c1)CC/C(=C\c1cc(C(F)(F)F)cc(C(F)(F)F)c1)C2=O.[Y]. The zero-order valence-electron chi connectivity index (χ0n) is 20.0. The number of alkyl halides is 6. The van der Waals surface area contributed by atoms with Gasteiger partial charge in [0.2, 0.25) is 5.91 Å². The molecular weight excluding hydrogens is 595 g/mol. The maximum Gasteiger partial charge on any atom is 0.416 e. The minimum Gasteiger partial charge on any atom is -0.489 e. The summed E-state index contributed by atoms with van der Waals surface area (Å²) in [5, 5.41) is 0. The van der Waals surface area contributed by atoms with Gasteiger partial charge in [-0.25, -0.2) is 0 Å². The van der Waals surface area contributed by atoms with Crippen molar-refractivity contribution in [1.82, 2.24) is 0 Å². The van der Waals surface area contributed by atoms with Gasteiger partial charge in [-0.1, -0.05) is 12.8 Å². The summed E-state index contributed by atoms with van der Waals surface area (Å²) in [6, 6.07) is 5.65. The Hall–Kier alpha value is -2.28. The molecule has 1 amide bonds. The number of aryl methyl sites for hydroxylation is 1. The molecule has 0 heterocycles. The van der Waals surface area contributed by atoms with Crippen molar-refractivity contribution in [2.75, 3.05) is 6.54 Å². The van der Waals surface area contributed by atoms with Crippen molar-refractivity contribution < 1.29 is 78.5 Å². The van der Waals surface area contributed by atoms with Crippen LogP contribution < -0.4 is 10.6 Å². The van der Waals surface area contributed by atoms with Crippen LogP contribution in [0.2, 0.25) is 0 Å². The number of carbonyl (C=O) groups is 2. The van der Waals surface area contributed by atoms with Crippen LogP contribution in [-0.2, 0) is 61.3 Å². The third kappa shape index (κ3) is 9.18. The number of hydrogen-bond acceptors (Lipinski definition) is 4. The molecule has 2 N–H and O–H groups in total. The number of amides is 1. The summed E-state index contributed by atoms with van der Waals surface area (Å²) in [6.45, 7) is 0.335. The van der Waals surface area contributed by atoms with Crippen molar-refractivity contribution >= 4 is 17.8 Å². The van der Waals surface area contributed by atoms with E-state index in [1.54, 1.807) is 6.07 Å². The summed E-state index contributed by atoms with van der Waals surface area (Å²) >= 11 is 0. The standard InChI is InChI=1S/C25H23F6N2O4.Y/c26-24(27,28)18-11-15(12-19(14-18)25(29,30)31)10-17-6-5-16-13-20(7-8-21(16)23(17)35)36-37-33-9-3-1-2-4-22(32)34;/h7-8,10-14H,1-6,9H2,(H2,32,34);/q-1;/b17-10+;. The molecule has 0 saturated heterocycles. The number of benzene rings is 2. The minimum atomic E-state index is -4.98. The molecule has 3 rings (SSSR count). The first-order valence-electron chi connectivity index (χ1n) is 11.3. The predicted molar refractivity (Wildman–Crippen MR) is 121 cm³/mol. The van der Waals surface area contributed by atoms with Crippen LogP contribution in [0.15, 0.2) is 42.0 Å². The van der Waals surface area contributed by atoms with E-state index in [1.807, 2.05) is 0 Å². The fraction of sp³-hybridized carbons (Fsp3) is 0.360. The van der Waals surface area contributed by atoms with Crippen LogP contribution in [0.3, 0.4) is 0 Å². The second-order valence-electron chi connectivity index (χ2n) is 8.44. The Labute approximate surface area is 239 Å². The van der Waals surface area contributed by atoms with Gasteiger partial charge in [-0.2, -0.15) is 26.3 Å². The normalized spacial score (nSPS) is 14.7. The fourth-order valence-corrected chi connectivity index (χ4v) is 3.77. The van der Waals surface area contributed by atoms with Gasteiger partial charge in [0, 0.05) is 50.3 Å². The first-order valence-corrected chi connectivity index (χ1v) is 11.3. The molecule has 0 fully saturated rings. The van der Waals surface area contributed by atoms with E-state index in [9.17, 15) is 35.9 Å². The molecule has 0 bridgehead atoms. The summed E-state index contributed by atoms with van der Waals surface area (Å²) in [5.74, 6) is -0.597. The van der Waals surface area contributed by atoms with Gasteiger partial charge in [0.1, 0.15) is 0 Å². The number of unbranched alkanes of at least 4 members (excludes halogenated alkanes) is 2. The van der Waals surface area contributed by atoms with Crippen LogP contribution in [0, 0.1) is 0 Å². The van der Waals surface area contributed by atoms with Crippen molar-refractivity contribution in [1.29, 1.82) is 0 Å². The Morgan fingerprint density at radius 1 is 0.947 bits per heavy atom. The van der Waals surface area contributed by atoms with Crippen molar-refractivity contribution in [2.24, 2.45) is 5.73 Å². The van der Waals surface area contributed by atoms with Gasteiger partial charge in [0.05, 0.1) is 11.1 Å². The van der Waals surface area contributed by atoms with Crippen LogP contribution >= 0.6 is 0 Å². The maximum atomic E-state index is 13.1.